The Kier molecular flexibility index (Phi) is 8.14. The van der Waals surface area contributed by atoms with Crippen molar-refractivity contribution >= 4 is 16.0 Å². The Bertz CT molecular complexity index is 1370. The van der Waals surface area contributed by atoms with Crippen LogP contribution in [-0.2, 0) is 21.4 Å². The number of rotatable bonds is 10. The third kappa shape index (κ3) is 6.39. The summed E-state index contributed by atoms with van der Waals surface area (Å²) in [6, 6.07) is 14.0. The third-order valence-electron chi connectivity index (χ3n) is 4.89. The number of carboxylic acids is 1. The van der Waals surface area contributed by atoms with E-state index in [1.54, 1.807) is 0 Å². The average Bonchev–Trinajstić information content (AvgIpc) is 2.82. The van der Waals surface area contributed by atoms with Gasteiger partial charge in [0.05, 0.1) is 23.1 Å². The van der Waals surface area contributed by atoms with Gasteiger partial charge in [-0.25, -0.2) is 22.0 Å². The summed E-state index contributed by atoms with van der Waals surface area (Å²) >= 11 is 0. The minimum absolute atomic E-state index is 0.0235. The standard InChI is InChI=1S/C24H20F2N2O6S/c25-19-2-4-21(5-3-19)35(32,33)28(7-8-29)14-16-1-6-23(34-15-24(30)31)22(11-16)18-9-17(13-27)10-20(26)12-18/h1-6,9-12,29H,7-8,14-15H2,(H,30,31). The minimum atomic E-state index is -4.11. The number of carbonyl (C=O) groups is 1. The zero-order valence-corrected chi connectivity index (χ0v) is 19.0. The third-order valence-corrected chi connectivity index (χ3v) is 6.75. The van der Waals surface area contributed by atoms with Crippen LogP contribution in [0.25, 0.3) is 11.1 Å². The number of nitrogens with zero attached hydrogens (tertiary/aromatic N) is 2. The smallest absolute Gasteiger partial charge is 0.341 e. The van der Waals surface area contributed by atoms with E-state index in [-0.39, 0.29) is 40.4 Å². The molecule has 35 heavy (non-hydrogen) atoms. The number of hydrogen-bond acceptors (Lipinski definition) is 6. The lowest BCUT2D eigenvalue weighted by atomic mass is 9.99. The molecule has 0 aromatic heterocycles. The molecule has 8 nitrogen and oxygen atoms in total. The molecule has 0 radical (unpaired) electrons. The van der Waals surface area contributed by atoms with E-state index in [4.69, 9.17) is 9.84 Å². The van der Waals surface area contributed by atoms with Gasteiger partial charge < -0.3 is 14.9 Å². The van der Waals surface area contributed by atoms with Crippen LogP contribution in [-0.4, -0.2) is 48.7 Å². The average molecular weight is 502 g/mol. The van der Waals surface area contributed by atoms with Crippen molar-refractivity contribution in [3.63, 3.8) is 0 Å². The van der Waals surface area contributed by atoms with Crippen molar-refractivity contribution in [2.24, 2.45) is 0 Å². The Morgan fingerprint density at radius 3 is 2.37 bits per heavy atom. The summed E-state index contributed by atoms with van der Waals surface area (Å²) in [5.41, 5.74) is 0.890. The van der Waals surface area contributed by atoms with Gasteiger partial charge in [-0.2, -0.15) is 9.57 Å². The maximum atomic E-state index is 14.1. The first-order valence-corrected chi connectivity index (χ1v) is 11.6. The molecule has 2 N–H and O–H groups in total. The summed E-state index contributed by atoms with van der Waals surface area (Å²) in [5, 5.41) is 27.6. The summed E-state index contributed by atoms with van der Waals surface area (Å²) in [6.07, 6.45) is 0. The number of aliphatic carboxylic acids is 1. The first-order chi connectivity index (χ1) is 16.6. The summed E-state index contributed by atoms with van der Waals surface area (Å²) in [7, 11) is -4.11. The fraction of sp³-hybridized carbons (Fsp3) is 0.167. The number of benzene rings is 3. The van der Waals surface area contributed by atoms with E-state index in [0.29, 0.717) is 5.56 Å². The lowest BCUT2D eigenvalue weighted by Crippen LogP contribution is -2.33. The van der Waals surface area contributed by atoms with Gasteiger partial charge in [0.2, 0.25) is 10.0 Å². The number of aliphatic hydroxyl groups is 1. The molecule has 0 aliphatic rings. The quantitative estimate of drug-likeness (QED) is 0.436. The van der Waals surface area contributed by atoms with E-state index in [9.17, 15) is 32.4 Å². The van der Waals surface area contributed by atoms with Crippen molar-refractivity contribution in [1.29, 1.82) is 5.26 Å². The number of halogens is 2. The molecule has 0 fully saturated rings. The van der Waals surface area contributed by atoms with Gasteiger partial charge in [0.1, 0.15) is 17.4 Å². The van der Waals surface area contributed by atoms with Crippen LogP contribution >= 0.6 is 0 Å². The SMILES string of the molecule is N#Cc1cc(F)cc(-c2cc(CN(CCO)S(=O)(=O)c3ccc(F)cc3)ccc2OCC(=O)O)c1. The Morgan fingerprint density at radius 2 is 1.74 bits per heavy atom. The van der Waals surface area contributed by atoms with Gasteiger partial charge in [-0.3, -0.25) is 0 Å². The van der Waals surface area contributed by atoms with Crippen molar-refractivity contribution in [2.75, 3.05) is 19.8 Å². The molecule has 0 atom stereocenters. The fourth-order valence-corrected chi connectivity index (χ4v) is 4.75. The molecule has 0 heterocycles. The molecule has 0 saturated carbocycles. The van der Waals surface area contributed by atoms with Crippen LogP contribution in [0.5, 0.6) is 5.75 Å². The summed E-state index contributed by atoms with van der Waals surface area (Å²) < 4.78 is 59.8. The molecular formula is C24H20F2N2O6S. The summed E-state index contributed by atoms with van der Waals surface area (Å²) in [4.78, 5) is 10.8. The monoisotopic (exact) mass is 502 g/mol. The van der Waals surface area contributed by atoms with Gasteiger partial charge in [-0.15, -0.1) is 0 Å². The number of carboxylic acid groups (broad SMARTS) is 1. The number of hydrogen-bond donors (Lipinski definition) is 2. The second-order valence-electron chi connectivity index (χ2n) is 7.37. The molecule has 3 aromatic carbocycles. The first kappa shape index (κ1) is 25.8. The number of aliphatic hydroxyl groups excluding tert-OH is 1. The fourth-order valence-electron chi connectivity index (χ4n) is 3.33. The molecule has 0 spiro atoms. The van der Waals surface area contributed by atoms with E-state index in [0.717, 1.165) is 40.7 Å². The lowest BCUT2D eigenvalue weighted by molar-refractivity contribution is -0.139. The van der Waals surface area contributed by atoms with E-state index < -0.39 is 40.8 Å². The number of sulfonamides is 1. The molecule has 11 heteroatoms. The highest BCUT2D eigenvalue weighted by molar-refractivity contribution is 7.89. The Morgan fingerprint density at radius 1 is 1.03 bits per heavy atom. The maximum absolute atomic E-state index is 14.1. The van der Waals surface area contributed by atoms with E-state index in [1.165, 1.54) is 24.3 Å². The maximum Gasteiger partial charge on any atom is 0.341 e. The topological polar surface area (TPSA) is 128 Å². The molecule has 3 aromatic rings. The van der Waals surface area contributed by atoms with Crippen LogP contribution in [0.1, 0.15) is 11.1 Å². The lowest BCUT2D eigenvalue weighted by Gasteiger charge is -2.22. The van der Waals surface area contributed by atoms with Crippen LogP contribution < -0.4 is 4.74 Å². The highest BCUT2D eigenvalue weighted by atomic mass is 32.2. The van der Waals surface area contributed by atoms with E-state index in [1.807, 2.05) is 6.07 Å². The zero-order chi connectivity index (χ0) is 25.6. The molecule has 182 valence electrons. The first-order valence-electron chi connectivity index (χ1n) is 10.2. The van der Waals surface area contributed by atoms with Crippen LogP contribution in [0.2, 0.25) is 0 Å². The number of nitriles is 1. The molecule has 0 unspecified atom stereocenters. The summed E-state index contributed by atoms with van der Waals surface area (Å²) in [6.45, 7) is -1.64. The van der Waals surface area contributed by atoms with Gasteiger partial charge in [-0.05, 0) is 65.7 Å². The normalized spacial score (nSPS) is 11.3. The van der Waals surface area contributed by atoms with Crippen LogP contribution in [0.15, 0.2) is 65.6 Å². The predicted molar refractivity (Wildman–Crippen MR) is 121 cm³/mol. The molecule has 3 rings (SSSR count). The van der Waals surface area contributed by atoms with Crippen LogP contribution in [0.3, 0.4) is 0 Å². The van der Waals surface area contributed by atoms with Gasteiger partial charge in [0.25, 0.3) is 0 Å². The van der Waals surface area contributed by atoms with Crippen molar-refractivity contribution in [3.8, 4) is 22.9 Å². The minimum Gasteiger partial charge on any atom is -0.481 e. The highest BCUT2D eigenvalue weighted by Gasteiger charge is 2.25. The molecule has 0 amide bonds. The highest BCUT2D eigenvalue weighted by Crippen LogP contribution is 2.33. The molecular weight excluding hydrogens is 482 g/mol. The van der Waals surface area contributed by atoms with Crippen molar-refractivity contribution in [1.82, 2.24) is 4.31 Å². The summed E-state index contributed by atoms with van der Waals surface area (Å²) in [5.74, 6) is -2.46. The number of ether oxygens (including phenoxy) is 1. The second kappa shape index (κ2) is 11.1. The van der Waals surface area contributed by atoms with Crippen molar-refractivity contribution in [3.05, 3.63) is 83.4 Å². The predicted octanol–water partition coefficient (Wildman–Crippen LogP) is 3.15. The van der Waals surface area contributed by atoms with Gasteiger partial charge >= 0.3 is 5.97 Å². The van der Waals surface area contributed by atoms with Crippen molar-refractivity contribution < 1.29 is 36.9 Å². The van der Waals surface area contributed by atoms with Gasteiger partial charge in [-0.1, -0.05) is 6.07 Å². The molecule has 0 aliphatic heterocycles. The van der Waals surface area contributed by atoms with E-state index in [2.05, 4.69) is 0 Å². The van der Waals surface area contributed by atoms with Crippen LogP contribution in [0.4, 0.5) is 8.78 Å². The molecule has 0 aliphatic carbocycles. The Hall–Kier alpha value is -3.85. The van der Waals surface area contributed by atoms with Gasteiger partial charge in [0, 0.05) is 18.7 Å². The van der Waals surface area contributed by atoms with E-state index >= 15 is 0 Å². The second-order valence-corrected chi connectivity index (χ2v) is 9.31. The van der Waals surface area contributed by atoms with Crippen LogP contribution in [0, 0.1) is 23.0 Å². The Labute approximate surface area is 200 Å². The largest absolute Gasteiger partial charge is 0.481 e. The molecule has 0 bridgehead atoms. The molecule has 0 saturated heterocycles. The Balaban J connectivity index is 2.04. The zero-order valence-electron chi connectivity index (χ0n) is 18.2. The van der Waals surface area contributed by atoms with Gasteiger partial charge in [0.15, 0.2) is 6.61 Å². The van der Waals surface area contributed by atoms with Crippen molar-refractivity contribution in [2.45, 2.75) is 11.4 Å².